The molecule has 0 unspecified atom stereocenters. The Balaban J connectivity index is 1.99. The highest BCUT2D eigenvalue weighted by atomic mass is 32.1. The summed E-state index contributed by atoms with van der Waals surface area (Å²) in [6.07, 6.45) is 5.17. The van der Waals surface area contributed by atoms with Crippen molar-refractivity contribution < 1.29 is 9.66 Å². The molecule has 0 aliphatic heterocycles. The molecule has 0 saturated heterocycles. The van der Waals surface area contributed by atoms with Crippen molar-refractivity contribution in [2.24, 2.45) is 0 Å². The van der Waals surface area contributed by atoms with Crippen LogP contribution in [0.5, 0.6) is 5.88 Å². The van der Waals surface area contributed by atoms with E-state index in [-0.39, 0.29) is 17.7 Å². The van der Waals surface area contributed by atoms with Crippen LogP contribution in [0, 0.1) is 10.1 Å². The van der Waals surface area contributed by atoms with E-state index in [0.717, 1.165) is 12.8 Å². The highest BCUT2D eigenvalue weighted by molar-refractivity contribution is 7.13. The van der Waals surface area contributed by atoms with Crippen LogP contribution in [-0.4, -0.2) is 21.0 Å². The average molecular weight is 263 g/mol. The van der Waals surface area contributed by atoms with Crippen LogP contribution in [0.1, 0.15) is 12.8 Å². The Kier molecular flexibility index (Phi) is 2.67. The van der Waals surface area contributed by atoms with E-state index in [2.05, 4.69) is 9.97 Å². The van der Waals surface area contributed by atoms with E-state index in [1.807, 2.05) is 5.38 Å². The first-order chi connectivity index (χ1) is 8.74. The van der Waals surface area contributed by atoms with Gasteiger partial charge < -0.3 is 4.74 Å². The second-order valence-electron chi connectivity index (χ2n) is 3.96. The van der Waals surface area contributed by atoms with Gasteiger partial charge in [-0.2, -0.15) is 0 Å². The fourth-order valence-electron chi connectivity index (χ4n) is 1.49. The molecule has 0 spiro atoms. The summed E-state index contributed by atoms with van der Waals surface area (Å²) in [7, 11) is 0. The number of aromatic nitrogens is 2. The fraction of sp³-hybridized carbons (Fsp3) is 0.273. The lowest BCUT2D eigenvalue weighted by Crippen LogP contribution is -2.02. The number of nitro groups is 1. The van der Waals surface area contributed by atoms with Gasteiger partial charge in [-0.25, -0.2) is 9.97 Å². The normalized spacial score (nSPS) is 14.4. The van der Waals surface area contributed by atoms with Gasteiger partial charge in [-0.1, -0.05) is 0 Å². The molecule has 0 aromatic carbocycles. The van der Waals surface area contributed by atoms with Gasteiger partial charge in [0.25, 0.3) is 5.88 Å². The first-order valence-corrected chi connectivity index (χ1v) is 6.33. The maximum atomic E-state index is 11.0. The van der Waals surface area contributed by atoms with Crippen LogP contribution < -0.4 is 4.74 Å². The Hall–Kier alpha value is -2.02. The number of ether oxygens (including phenoxy) is 1. The molecule has 2 aromatic heterocycles. The number of nitrogens with zero attached hydrogens (tertiary/aromatic N) is 3. The second kappa shape index (κ2) is 4.34. The van der Waals surface area contributed by atoms with Crippen LogP contribution in [0.2, 0.25) is 0 Å². The molecule has 7 heteroatoms. The molecule has 0 amide bonds. The summed E-state index contributed by atoms with van der Waals surface area (Å²) in [5.41, 5.74) is 0.537. The van der Waals surface area contributed by atoms with Crippen LogP contribution in [0.4, 0.5) is 5.69 Å². The summed E-state index contributed by atoms with van der Waals surface area (Å²) in [5.74, 6) is 0.0998. The van der Waals surface area contributed by atoms with Crippen molar-refractivity contribution in [1.82, 2.24) is 9.97 Å². The van der Waals surface area contributed by atoms with E-state index in [4.69, 9.17) is 4.74 Å². The van der Waals surface area contributed by atoms with Gasteiger partial charge in [0, 0.05) is 29.4 Å². The van der Waals surface area contributed by atoms with Crippen molar-refractivity contribution in [1.29, 1.82) is 0 Å². The number of hydrogen-bond donors (Lipinski definition) is 0. The quantitative estimate of drug-likeness (QED) is 0.626. The third-order valence-corrected chi connectivity index (χ3v) is 3.33. The molecule has 2 heterocycles. The number of thiazole rings is 1. The molecule has 92 valence electrons. The first kappa shape index (κ1) is 11.1. The Morgan fingerprint density at radius 3 is 2.89 bits per heavy atom. The predicted octanol–water partition coefficient (Wildman–Crippen LogP) is 2.65. The Bertz CT molecular complexity index is 581. The zero-order chi connectivity index (χ0) is 12.5. The molecule has 1 aliphatic carbocycles. The number of rotatable bonds is 4. The molecule has 2 aromatic rings. The summed E-state index contributed by atoms with van der Waals surface area (Å²) >= 11 is 1.41. The molecule has 3 rings (SSSR count). The van der Waals surface area contributed by atoms with E-state index in [9.17, 15) is 10.1 Å². The van der Waals surface area contributed by atoms with E-state index < -0.39 is 4.92 Å². The Labute approximate surface area is 106 Å². The van der Waals surface area contributed by atoms with Gasteiger partial charge in [-0.3, -0.25) is 10.1 Å². The summed E-state index contributed by atoms with van der Waals surface area (Å²) in [6, 6.07) is 1.46. The predicted molar refractivity (Wildman–Crippen MR) is 65.6 cm³/mol. The molecule has 0 N–H and O–H groups in total. The van der Waals surface area contributed by atoms with Gasteiger partial charge in [0.1, 0.15) is 11.1 Å². The van der Waals surface area contributed by atoms with E-state index in [1.54, 1.807) is 12.4 Å². The zero-order valence-electron chi connectivity index (χ0n) is 9.28. The SMILES string of the molecule is O=[N+]([O-])c1cc(-c2nccs2)cnc1OC1CC1. The number of hydrogen-bond acceptors (Lipinski definition) is 6. The van der Waals surface area contributed by atoms with E-state index in [0.29, 0.717) is 10.6 Å². The third kappa shape index (κ3) is 2.17. The topological polar surface area (TPSA) is 78.2 Å². The molecule has 0 atom stereocenters. The molecule has 0 bridgehead atoms. The van der Waals surface area contributed by atoms with Gasteiger partial charge in [-0.05, 0) is 12.8 Å². The van der Waals surface area contributed by atoms with Gasteiger partial charge >= 0.3 is 5.69 Å². The van der Waals surface area contributed by atoms with E-state index in [1.165, 1.54) is 17.4 Å². The molecular weight excluding hydrogens is 254 g/mol. The summed E-state index contributed by atoms with van der Waals surface area (Å²) in [4.78, 5) is 18.7. The molecule has 1 aliphatic rings. The van der Waals surface area contributed by atoms with E-state index >= 15 is 0 Å². The Morgan fingerprint density at radius 2 is 2.28 bits per heavy atom. The van der Waals surface area contributed by atoms with Crippen molar-refractivity contribution in [3.8, 4) is 16.5 Å². The van der Waals surface area contributed by atoms with Gasteiger partial charge in [0.05, 0.1) is 4.92 Å². The van der Waals surface area contributed by atoms with Crippen molar-refractivity contribution in [3.63, 3.8) is 0 Å². The highest BCUT2D eigenvalue weighted by Crippen LogP contribution is 2.34. The molecule has 1 fully saturated rings. The molecule has 6 nitrogen and oxygen atoms in total. The van der Waals surface area contributed by atoms with Gasteiger partial charge in [-0.15, -0.1) is 11.3 Å². The molecule has 0 radical (unpaired) electrons. The van der Waals surface area contributed by atoms with Gasteiger partial charge in [0.2, 0.25) is 0 Å². The lowest BCUT2D eigenvalue weighted by Gasteiger charge is -2.04. The lowest BCUT2D eigenvalue weighted by atomic mass is 10.2. The first-order valence-electron chi connectivity index (χ1n) is 5.45. The fourth-order valence-corrected chi connectivity index (χ4v) is 2.11. The van der Waals surface area contributed by atoms with Crippen LogP contribution in [0.25, 0.3) is 10.6 Å². The number of pyridine rings is 1. The van der Waals surface area contributed by atoms with Crippen LogP contribution in [0.3, 0.4) is 0 Å². The third-order valence-electron chi connectivity index (χ3n) is 2.51. The molecule has 1 saturated carbocycles. The second-order valence-corrected chi connectivity index (χ2v) is 4.85. The minimum atomic E-state index is -0.470. The van der Waals surface area contributed by atoms with Gasteiger partial charge in [0.15, 0.2) is 0 Å². The van der Waals surface area contributed by atoms with Crippen LogP contribution >= 0.6 is 11.3 Å². The largest absolute Gasteiger partial charge is 0.469 e. The van der Waals surface area contributed by atoms with Crippen LogP contribution in [0.15, 0.2) is 23.8 Å². The lowest BCUT2D eigenvalue weighted by molar-refractivity contribution is -0.386. The minimum absolute atomic E-state index is 0.0851. The standard InChI is InChI=1S/C11H9N3O3S/c15-14(16)9-5-7(11-12-3-4-18-11)6-13-10(9)17-8-1-2-8/h3-6,8H,1-2H2. The summed E-state index contributed by atoms with van der Waals surface area (Å²) in [5, 5.41) is 13.5. The maximum Gasteiger partial charge on any atom is 0.331 e. The molecule has 18 heavy (non-hydrogen) atoms. The zero-order valence-corrected chi connectivity index (χ0v) is 10.1. The minimum Gasteiger partial charge on any atom is -0.469 e. The van der Waals surface area contributed by atoms with Crippen molar-refractivity contribution in [2.45, 2.75) is 18.9 Å². The van der Waals surface area contributed by atoms with Crippen molar-refractivity contribution >= 4 is 17.0 Å². The van der Waals surface area contributed by atoms with Crippen molar-refractivity contribution in [2.75, 3.05) is 0 Å². The monoisotopic (exact) mass is 263 g/mol. The average Bonchev–Trinajstić information content (AvgIpc) is 3.01. The Morgan fingerprint density at radius 1 is 1.44 bits per heavy atom. The highest BCUT2D eigenvalue weighted by Gasteiger charge is 2.28. The smallest absolute Gasteiger partial charge is 0.331 e. The summed E-state index contributed by atoms with van der Waals surface area (Å²) in [6.45, 7) is 0. The molecular formula is C11H9N3O3S. The van der Waals surface area contributed by atoms with Crippen LogP contribution in [-0.2, 0) is 0 Å². The maximum absolute atomic E-state index is 11.0. The van der Waals surface area contributed by atoms with Crippen molar-refractivity contribution in [3.05, 3.63) is 34.0 Å². The summed E-state index contributed by atoms with van der Waals surface area (Å²) < 4.78 is 5.42.